The van der Waals surface area contributed by atoms with Crippen molar-refractivity contribution in [1.82, 2.24) is 4.90 Å². The molecule has 1 aliphatic heterocycles. The fraction of sp³-hybridized carbons (Fsp3) is 0.500. The number of rotatable bonds is 2. The quantitative estimate of drug-likeness (QED) is 0.771. The van der Waals surface area contributed by atoms with E-state index in [-0.39, 0.29) is 11.5 Å². The molecule has 1 atom stereocenters. The Morgan fingerprint density at radius 1 is 1.41 bits per heavy atom. The normalized spacial score (nSPS) is 20.0. The van der Waals surface area contributed by atoms with Crippen LogP contribution in [0.1, 0.15) is 30.6 Å². The minimum atomic E-state index is -0.425. The third-order valence-electron chi connectivity index (χ3n) is 3.56. The van der Waals surface area contributed by atoms with Gasteiger partial charge in [0, 0.05) is 13.1 Å². The number of carbonyl (C=O) groups excluding carboxylic acids is 1. The third kappa shape index (κ3) is 2.48. The highest BCUT2D eigenvalue weighted by Gasteiger charge is 2.29. The van der Waals surface area contributed by atoms with Gasteiger partial charge in [-0.25, -0.2) is 4.39 Å². The average Bonchev–Trinajstić information content (AvgIpc) is 2.78. The topological polar surface area (TPSA) is 20.3 Å². The zero-order chi connectivity index (χ0) is 12.4. The molecule has 1 amide bonds. The molecule has 1 aromatic carbocycles. The zero-order valence-electron chi connectivity index (χ0n) is 10.3. The van der Waals surface area contributed by atoms with Crippen molar-refractivity contribution < 1.29 is 9.18 Å². The number of hydrogen-bond acceptors (Lipinski definition) is 1. The highest BCUT2D eigenvalue weighted by atomic mass is 19.1. The van der Waals surface area contributed by atoms with Crippen molar-refractivity contribution >= 4 is 5.91 Å². The Kier molecular flexibility index (Phi) is 3.46. The predicted octanol–water partition coefficient (Wildman–Crippen LogP) is 2.94. The molecule has 0 aromatic heterocycles. The van der Waals surface area contributed by atoms with Crippen LogP contribution in [0.2, 0.25) is 0 Å². The second kappa shape index (κ2) is 4.86. The van der Waals surface area contributed by atoms with Gasteiger partial charge >= 0.3 is 0 Å². The zero-order valence-corrected chi connectivity index (χ0v) is 10.3. The maximum atomic E-state index is 13.5. The van der Waals surface area contributed by atoms with Gasteiger partial charge in [0.25, 0.3) is 5.91 Å². The van der Waals surface area contributed by atoms with Crippen molar-refractivity contribution in [2.75, 3.05) is 13.1 Å². The van der Waals surface area contributed by atoms with E-state index in [0.29, 0.717) is 11.8 Å². The molecule has 92 valence electrons. The first kappa shape index (κ1) is 12.1. The molecular weight excluding hydrogens is 217 g/mol. The van der Waals surface area contributed by atoms with Crippen molar-refractivity contribution in [2.45, 2.75) is 20.3 Å². The minimum absolute atomic E-state index is 0.175. The standard InChI is InChI=1S/C14H18FNO/c1-10(2)11-7-8-16(9-11)14(17)12-5-3-4-6-13(12)15/h3-6,10-11H,7-9H2,1-2H3. The summed E-state index contributed by atoms with van der Waals surface area (Å²) in [5.41, 5.74) is 0.192. The molecule has 0 radical (unpaired) electrons. The summed E-state index contributed by atoms with van der Waals surface area (Å²) >= 11 is 0. The molecular formula is C14H18FNO. The lowest BCUT2D eigenvalue weighted by molar-refractivity contribution is 0.0779. The van der Waals surface area contributed by atoms with Crippen LogP contribution in [0.5, 0.6) is 0 Å². The lowest BCUT2D eigenvalue weighted by Crippen LogP contribution is -2.30. The van der Waals surface area contributed by atoms with Crippen LogP contribution in [-0.2, 0) is 0 Å². The number of nitrogens with zero attached hydrogens (tertiary/aromatic N) is 1. The monoisotopic (exact) mass is 235 g/mol. The Bertz CT molecular complexity index is 416. The molecule has 3 heteroatoms. The summed E-state index contributed by atoms with van der Waals surface area (Å²) in [6, 6.07) is 6.20. The molecule has 1 aromatic rings. The highest BCUT2D eigenvalue weighted by molar-refractivity contribution is 5.94. The highest BCUT2D eigenvalue weighted by Crippen LogP contribution is 2.25. The Morgan fingerprint density at radius 2 is 2.12 bits per heavy atom. The molecule has 1 heterocycles. The van der Waals surface area contributed by atoms with Crippen LogP contribution in [0, 0.1) is 17.7 Å². The summed E-state index contributed by atoms with van der Waals surface area (Å²) in [7, 11) is 0. The van der Waals surface area contributed by atoms with Gasteiger partial charge < -0.3 is 4.90 Å². The Hall–Kier alpha value is -1.38. The van der Waals surface area contributed by atoms with Gasteiger partial charge in [-0.15, -0.1) is 0 Å². The summed E-state index contributed by atoms with van der Waals surface area (Å²) in [4.78, 5) is 13.9. The van der Waals surface area contributed by atoms with E-state index in [1.165, 1.54) is 6.07 Å². The number of carbonyl (C=O) groups is 1. The van der Waals surface area contributed by atoms with Gasteiger partial charge in [0.05, 0.1) is 5.56 Å². The molecule has 1 aliphatic rings. The van der Waals surface area contributed by atoms with Crippen molar-refractivity contribution in [3.05, 3.63) is 35.6 Å². The smallest absolute Gasteiger partial charge is 0.256 e. The lowest BCUT2D eigenvalue weighted by Gasteiger charge is -2.18. The van der Waals surface area contributed by atoms with Crippen LogP contribution >= 0.6 is 0 Å². The molecule has 0 aliphatic carbocycles. The molecule has 0 bridgehead atoms. The van der Waals surface area contributed by atoms with E-state index in [2.05, 4.69) is 13.8 Å². The van der Waals surface area contributed by atoms with E-state index >= 15 is 0 Å². The second-order valence-corrected chi connectivity index (χ2v) is 5.02. The molecule has 0 N–H and O–H groups in total. The number of benzene rings is 1. The second-order valence-electron chi connectivity index (χ2n) is 5.02. The van der Waals surface area contributed by atoms with Gasteiger partial charge in [0.15, 0.2) is 0 Å². The van der Waals surface area contributed by atoms with Crippen molar-refractivity contribution in [2.24, 2.45) is 11.8 Å². The number of halogens is 1. The molecule has 0 spiro atoms. The summed E-state index contributed by atoms with van der Waals surface area (Å²) in [6.45, 7) is 5.84. The van der Waals surface area contributed by atoms with Crippen LogP contribution < -0.4 is 0 Å². The largest absolute Gasteiger partial charge is 0.338 e. The number of likely N-dealkylation sites (tertiary alicyclic amines) is 1. The Morgan fingerprint density at radius 3 is 2.71 bits per heavy atom. The van der Waals surface area contributed by atoms with Crippen LogP contribution in [0.4, 0.5) is 4.39 Å². The van der Waals surface area contributed by atoms with Crippen LogP contribution in [0.3, 0.4) is 0 Å². The van der Waals surface area contributed by atoms with Gasteiger partial charge in [-0.2, -0.15) is 0 Å². The van der Waals surface area contributed by atoms with E-state index in [9.17, 15) is 9.18 Å². The first-order valence-corrected chi connectivity index (χ1v) is 6.13. The fourth-order valence-electron chi connectivity index (χ4n) is 2.32. The first-order chi connectivity index (χ1) is 8.09. The molecule has 1 saturated heterocycles. The van der Waals surface area contributed by atoms with Gasteiger partial charge in [-0.1, -0.05) is 26.0 Å². The lowest BCUT2D eigenvalue weighted by atomic mass is 9.95. The van der Waals surface area contributed by atoms with E-state index in [1.54, 1.807) is 23.1 Å². The van der Waals surface area contributed by atoms with Crippen LogP contribution in [0.15, 0.2) is 24.3 Å². The van der Waals surface area contributed by atoms with E-state index in [0.717, 1.165) is 19.5 Å². The molecule has 1 unspecified atom stereocenters. The maximum Gasteiger partial charge on any atom is 0.256 e. The maximum absolute atomic E-state index is 13.5. The Labute approximate surface area is 101 Å². The van der Waals surface area contributed by atoms with Crippen LogP contribution in [-0.4, -0.2) is 23.9 Å². The molecule has 17 heavy (non-hydrogen) atoms. The number of amides is 1. The van der Waals surface area contributed by atoms with E-state index in [1.807, 2.05) is 0 Å². The Balaban J connectivity index is 2.10. The summed E-state index contributed by atoms with van der Waals surface area (Å²) in [6.07, 6.45) is 1.03. The van der Waals surface area contributed by atoms with Gasteiger partial charge in [-0.05, 0) is 30.4 Å². The van der Waals surface area contributed by atoms with E-state index < -0.39 is 5.82 Å². The van der Waals surface area contributed by atoms with Crippen molar-refractivity contribution in [1.29, 1.82) is 0 Å². The van der Waals surface area contributed by atoms with Gasteiger partial charge in [0.1, 0.15) is 5.82 Å². The van der Waals surface area contributed by atoms with E-state index in [4.69, 9.17) is 0 Å². The number of hydrogen-bond donors (Lipinski definition) is 0. The summed E-state index contributed by atoms with van der Waals surface area (Å²) in [5, 5.41) is 0. The summed E-state index contributed by atoms with van der Waals surface area (Å²) < 4.78 is 13.5. The third-order valence-corrected chi connectivity index (χ3v) is 3.56. The van der Waals surface area contributed by atoms with Crippen LogP contribution in [0.25, 0.3) is 0 Å². The molecule has 1 fully saturated rings. The average molecular weight is 235 g/mol. The summed E-state index contributed by atoms with van der Waals surface area (Å²) in [5.74, 6) is 0.524. The predicted molar refractivity (Wildman–Crippen MR) is 65.2 cm³/mol. The molecule has 2 nitrogen and oxygen atoms in total. The first-order valence-electron chi connectivity index (χ1n) is 6.13. The van der Waals surface area contributed by atoms with Gasteiger partial charge in [0.2, 0.25) is 0 Å². The fourth-order valence-corrected chi connectivity index (χ4v) is 2.32. The van der Waals surface area contributed by atoms with Gasteiger partial charge in [-0.3, -0.25) is 4.79 Å². The SMILES string of the molecule is CC(C)C1CCN(C(=O)c2ccccc2F)C1. The van der Waals surface area contributed by atoms with Crippen molar-refractivity contribution in [3.8, 4) is 0 Å². The minimum Gasteiger partial charge on any atom is -0.338 e. The molecule has 0 saturated carbocycles. The molecule has 2 rings (SSSR count). The van der Waals surface area contributed by atoms with Crippen molar-refractivity contribution in [3.63, 3.8) is 0 Å².